The normalized spacial score (nSPS) is 15.7. The highest BCUT2D eigenvalue weighted by atomic mass is 19.1. The summed E-state index contributed by atoms with van der Waals surface area (Å²) in [5.74, 6) is 0.392. The minimum atomic E-state index is -0.342. The first kappa shape index (κ1) is 13.0. The van der Waals surface area contributed by atoms with Crippen LogP contribution in [0.1, 0.15) is 30.4 Å². The lowest BCUT2D eigenvalue weighted by molar-refractivity contribution is 0.200. The van der Waals surface area contributed by atoms with Gasteiger partial charge in [0.15, 0.2) is 0 Å². The highest BCUT2D eigenvalue weighted by molar-refractivity contribution is 5.96. The van der Waals surface area contributed by atoms with E-state index in [4.69, 9.17) is 11.1 Å². The van der Waals surface area contributed by atoms with Crippen LogP contribution in [0, 0.1) is 17.1 Å². The molecular formula is C14H20FN3. The quantitative estimate of drug-likeness (QED) is 0.621. The number of amidine groups is 1. The van der Waals surface area contributed by atoms with E-state index in [1.54, 1.807) is 6.07 Å². The molecule has 1 fully saturated rings. The number of nitrogen functional groups attached to an aromatic ring is 1. The second kappa shape index (κ2) is 5.48. The van der Waals surface area contributed by atoms with Crippen LogP contribution in [0.4, 0.5) is 4.39 Å². The topological polar surface area (TPSA) is 53.1 Å². The van der Waals surface area contributed by atoms with Crippen LogP contribution in [0.5, 0.6) is 0 Å². The molecule has 1 aromatic rings. The zero-order valence-corrected chi connectivity index (χ0v) is 10.7. The molecule has 1 aromatic carbocycles. The van der Waals surface area contributed by atoms with Gasteiger partial charge in [0.05, 0.1) is 0 Å². The first-order valence-corrected chi connectivity index (χ1v) is 6.37. The summed E-state index contributed by atoms with van der Waals surface area (Å²) in [5, 5.41) is 7.50. The predicted molar refractivity (Wildman–Crippen MR) is 71.1 cm³/mol. The van der Waals surface area contributed by atoms with Crippen LogP contribution in [-0.2, 0) is 6.54 Å². The molecule has 4 heteroatoms. The molecule has 0 aliphatic heterocycles. The van der Waals surface area contributed by atoms with Crippen molar-refractivity contribution in [1.82, 2.24) is 4.90 Å². The number of rotatable bonds is 5. The van der Waals surface area contributed by atoms with E-state index in [-0.39, 0.29) is 11.7 Å². The molecule has 3 N–H and O–H groups in total. The lowest BCUT2D eigenvalue weighted by Crippen LogP contribution is -2.30. The standard InChI is InChI=1S/C14H20FN3/c1-18(8-10-3-2-4-10)9-11-5-6-12(15)7-13(11)14(16)17/h5-7,10H,2-4,8-9H2,1H3,(H3,16,17). The van der Waals surface area contributed by atoms with Crippen molar-refractivity contribution in [2.45, 2.75) is 25.8 Å². The first-order chi connectivity index (χ1) is 8.56. The van der Waals surface area contributed by atoms with Gasteiger partial charge in [-0.15, -0.1) is 0 Å². The van der Waals surface area contributed by atoms with Crippen LogP contribution < -0.4 is 5.73 Å². The van der Waals surface area contributed by atoms with Gasteiger partial charge < -0.3 is 10.6 Å². The summed E-state index contributed by atoms with van der Waals surface area (Å²) in [6, 6.07) is 4.50. The molecule has 0 amide bonds. The number of nitrogens with two attached hydrogens (primary N) is 1. The Morgan fingerprint density at radius 3 is 2.78 bits per heavy atom. The monoisotopic (exact) mass is 249 g/mol. The molecule has 0 spiro atoms. The van der Waals surface area contributed by atoms with Crippen molar-refractivity contribution in [2.24, 2.45) is 11.7 Å². The van der Waals surface area contributed by atoms with E-state index in [9.17, 15) is 4.39 Å². The minimum absolute atomic E-state index is 0.0680. The number of halogens is 1. The minimum Gasteiger partial charge on any atom is -0.384 e. The average Bonchev–Trinajstić information content (AvgIpc) is 2.26. The third-order valence-corrected chi connectivity index (χ3v) is 3.60. The van der Waals surface area contributed by atoms with Crippen LogP contribution in [0.2, 0.25) is 0 Å². The molecule has 3 nitrogen and oxygen atoms in total. The molecule has 0 saturated heterocycles. The van der Waals surface area contributed by atoms with Gasteiger partial charge in [0.2, 0.25) is 0 Å². The Labute approximate surface area is 107 Å². The molecule has 0 heterocycles. The molecule has 0 aromatic heterocycles. The summed E-state index contributed by atoms with van der Waals surface area (Å²) in [7, 11) is 2.06. The van der Waals surface area contributed by atoms with Crippen molar-refractivity contribution in [2.75, 3.05) is 13.6 Å². The fraction of sp³-hybridized carbons (Fsp3) is 0.500. The van der Waals surface area contributed by atoms with Crippen LogP contribution in [0.25, 0.3) is 0 Å². The Bertz CT molecular complexity index is 441. The van der Waals surface area contributed by atoms with Crippen LogP contribution in [-0.4, -0.2) is 24.3 Å². The Morgan fingerprint density at radius 2 is 2.22 bits per heavy atom. The maximum Gasteiger partial charge on any atom is 0.123 e. The Hall–Kier alpha value is -1.42. The third-order valence-electron chi connectivity index (χ3n) is 3.60. The van der Waals surface area contributed by atoms with Crippen LogP contribution >= 0.6 is 0 Å². The van der Waals surface area contributed by atoms with Crippen molar-refractivity contribution in [3.05, 3.63) is 35.1 Å². The number of nitrogens with zero attached hydrogens (tertiary/aromatic N) is 1. The second-order valence-electron chi connectivity index (χ2n) is 5.21. The van der Waals surface area contributed by atoms with Crippen LogP contribution in [0.3, 0.4) is 0 Å². The summed E-state index contributed by atoms with van der Waals surface area (Å²) < 4.78 is 13.2. The Kier molecular flexibility index (Phi) is 3.97. The molecule has 0 unspecified atom stereocenters. The van der Waals surface area contributed by atoms with E-state index in [2.05, 4.69) is 11.9 Å². The van der Waals surface area contributed by atoms with Crippen LogP contribution in [0.15, 0.2) is 18.2 Å². The summed E-state index contributed by atoms with van der Waals surface area (Å²) in [6.45, 7) is 1.78. The highest BCUT2D eigenvalue weighted by Crippen LogP contribution is 2.27. The summed E-state index contributed by atoms with van der Waals surface area (Å²) >= 11 is 0. The molecule has 1 saturated carbocycles. The second-order valence-corrected chi connectivity index (χ2v) is 5.21. The van der Waals surface area contributed by atoms with Gasteiger partial charge in [0, 0.05) is 18.7 Å². The largest absolute Gasteiger partial charge is 0.384 e. The number of hydrogen-bond donors (Lipinski definition) is 2. The van der Waals surface area contributed by atoms with E-state index in [1.807, 2.05) is 0 Å². The van der Waals surface area contributed by atoms with E-state index in [0.29, 0.717) is 12.1 Å². The number of benzene rings is 1. The lowest BCUT2D eigenvalue weighted by Gasteiger charge is -2.30. The van der Waals surface area contributed by atoms with Crippen molar-refractivity contribution < 1.29 is 4.39 Å². The van der Waals surface area contributed by atoms with Gasteiger partial charge in [-0.05, 0) is 43.5 Å². The fourth-order valence-corrected chi connectivity index (χ4v) is 2.41. The summed E-state index contributed by atoms with van der Waals surface area (Å²) in [6.07, 6.45) is 3.97. The van der Waals surface area contributed by atoms with E-state index in [1.165, 1.54) is 31.4 Å². The molecule has 18 heavy (non-hydrogen) atoms. The first-order valence-electron chi connectivity index (χ1n) is 6.37. The maximum atomic E-state index is 13.2. The van der Waals surface area contributed by atoms with E-state index < -0.39 is 0 Å². The van der Waals surface area contributed by atoms with Crippen molar-refractivity contribution >= 4 is 5.84 Å². The van der Waals surface area contributed by atoms with Gasteiger partial charge in [0.25, 0.3) is 0 Å². The zero-order valence-electron chi connectivity index (χ0n) is 10.7. The van der Waals surface area contributed by atoms with Crippen molar-refractivity contribution in [3.63, 3.8) is 0 Å². The Balaban J connectivity index is 2.05. The van der Waals surface area contributed by atoms with Crippen molar-refractivity contribution in [1.29, 1.82) is 5.41 Å². The van der Waals surface area contributed by atoms with Gasteiger partial charge in [-0.3, -0.25) is 5.41 Å². The molecule has 2 rings (SSSR count). The molecule has 98 valence electrons. The van der Waals surface area contributed by atoms with Gasteiger partial charge in [-0.2, -0.15) is 0 Å². The zero-order chi connectivity index (χ0) is 13.1. The molecule has 1 aliphatic rings. The highest BCUT2D eigenvalue weighted by Gasteiger charge is 2.19. The molecule has 0 atom stereocenters. The predicted octanol–water partition coefficient (Wildman–Crippen LogP) is 2.34. The molecular weight excluding hydrogens is 229 g/mol. The van der Waals surface area contributed by atoms with E-state index in [0.717, 1.165) is 18.0 Å². The number of hydrogen-bond acceptors (Lipinski definition) is 2. The molecule has 0 bridgehead atoms. The smallest absolute Gasteiger partial charge is 0.123 e. The third kappa shape index (κ3) is 3.07. The summed E-state index contributed by atoms with van der Waals surface area (Å²) in [4.78, 5) is 2.23. The number of nitrogens with one attached hydrogen (secondary N) is 1. The molecule has 0 radical (unpaired) electrons. The van der Waals surface area contributed by atoms with Gasteiger partial charge in [0.1, 0.15) is 11.7 Å². The Morgan fingerprint density at radius 1 is 1.50 bits per heavy atom. The fourth-order valence-electron chi connectivity index (χ4n) is 2.41. The molecule has 1 aliphatic carbocycles. The average molecular weight is 249 g/mol. The summed E-state index contributed by atoms with van der Waals surface area (Å²) in [5.41, 5.74) is 6.93. The van der Waals surface area contributed by atoms with E-state index >= 15 is 0 Å². The SMILES string of the molecule is CN(Cc1ccc(F)cc1C(=N)N)CC1CCC1. The van der Waals surface area contributed by atoms with Crippen molar-refractivity contribution in [3.8, 4) is 0 Å². The van der Waals surface area contributed by atoms with Gasteiger partial charge >= 0.3 is 0 Å². The lowest BCUT2D eigenvalue weighted by atomic mass is 9.85. The maximum absolute atomic E-state index is 13.2. The van der Waals surface area contributed by atoms with Gasteiger partial charge in [-0.25, -0.2) is 4.39 Å². The van der Waals surface area contributed by atoms with Gasteiger partial charge in [-0.1, -0.05) is 12.5 Å².